The lowest BCUT2D eigenvalue weighted by Crippen LogP contribution is -2.59. The van der Waals surface area contributed by atoms with Crippen molar-refractivity contribution in [1.82, 2.24) is 0 Å². The summed E-state index contributed by atoms with van der Waals surface area (Å²) in [7, 11) is 0. The minimum absolute atomic E-state index is 0.172. The number of anilines is 3. The van der Waals surface area contributed by atoms with Crippen LogP contribution in [0.15, 0.2) is 159 Å². The van der Waals surface area contributed by atoms with E-state index < -0.39 is 0 Å². The van der Waals surface area contributed by atoms with E-state index in [0.29, 0.717) is 0 Å². The molecule has 3 aliphatic rings. The molecule has 3 aliphatic heterocycles. The summed E-state index contributed by atoms with van der Waals surface area (Å²) in [5, 5.41) is 0. The van der Waals surface area contributed by atoms with Crippen LogP contribution >= 0.6 is 23.5 Å². The van der Waals surface area contributed by atoms with E-state index in [9.17, 15) is 0 Å². The van der Waals surface area contributed by atoms with Crippen LogP contribution in [0, 0.1) is 0 Å². The minimum Gasteiger partial charge on any atom is -0.311 e. The Labute approximate surface area is 249 Å². The second kappa shape index (κ2) is 9.24. The fourth-order valence-electron chi connectivity index (χ4n) is 6.84. The van der Waals surface area contributed by atoms with Gasteiger partial charge in [0.25, 0.3) is 0 Å². The van der Waals surface area contributed by atoms with Crippen LogP contribution in [-0.2, 0) is 0 Å². The van der Waals surface area contributed by atoms with Gasteiger partial charge < -0.3 is 4.90 Å². The van der Waals surface area contributed by atoms with Crippen LogP contribution in [0.4, 0.5) is 17.1 Å². The van der Waals surface area contributed by atoms with Gasteiger partial charge in [-0.25, -0.2) is 0 Å². The maximum absolute atomic E-state index is 2.48. The third kappa shape index (κ3) is 3.69. The van der Waals surface area contributed by atoms with Crippen LogP contribution in [0.3, 0.4) is 0 Å². The van der Waals surface area contributed by atoms with Gasteiger partial charge in [0, 0.05) is 36.6 Å². The first-order chi connectivity index (χ1) is 20.3. The monoisotopic (exact) mass is 555 g/mol. The lowest BCUT2D eigenvalue weighted by Gasteiger charge is -2.33. The summed E-state index contributed by atoms with van der Waals surface area (Å²) in [6.45, 7) is 0.343. The molecule has 0 atom stereocenters. The summed E-state index contributed by atoms with van der Waals surface area (Å²) < 4.78 is 0. The highest BCUT2D eigenvalue weighted by Crippen LogP contribution is 2.39. The molecule has 1 nitrogen and oxygen atoms in total. The Morgan fingerprint density at radius 2 is 0.854 bits per heavy atom. The molecule has 0 N–H and O–H groups in total. The highest BCUT2D eigenvalue weighted by Gasteiger charge is 2.36. The normalized spacial score (nSPS) is 14.0. The lowest BCUT2D eigenvalue weighted by atomic mass is 9.33. The molecule has 0 aliphatic carbocycles. The molecule has 41 heavy (non-hydrogen) atoms. The Hall–Kier alpha value is -4.05. The van der Waals surface area contributed by atoms with Crippen molar-refractivity contribution < 1.29 is 0 Å². The predicted molar refractivity (Wildman–Crippen MR) is 178 cm³/mol. The zero-order valence-electron chi connectivity index (χ0n) is 22.2. The topological polar surface area (TPSA) is 3.24 Å². The second-order valence-electron chi connectivity index (χ2n) is 10.9. The van der Waals surface area contributed by atoms with Crippen LogP contribution in [0.2, 0.25) is 0 Å². The molecule has 0 spiro atoms. The molecule has 0 radical (unpaired) electrons. The molecule has 0 unspecified atom stereocenters. The first-order valence-corrected chi connectivity index (χ1v) is 15.7. The van der Waals surface area contributed by atoms with Gasteiger partial charge >= 0.3 is 0 Å². The number of hydrogen-bond donors (Lipinski definition) is 0. The van der Waals surface area contributed by atoms with Gasteiger partial charge in [-0.3, -0.25) is 0 Å². The average molecular weight is 555 g/mol. The number of nitrogens with zero attached hydrogens (tertiary/aromatic N) is 1. The third-order valence-electron chi connectivity index (χ3n) is 8.62. The first kappa shape index (κ1) is 23.6. The van der Waals surface area contributed by atoms with Crippen molar-refractivity contribution in [1.29, 1.82) is 0 Å². The van der Waals surface area contributed by atoms with E-state index >= 15 is 0 Å². The standard InChI is InChI=1S/C36H23B2NS2/c1-2-11-26(12-3-1)39-27-17-19-35-31(22-27)37(29-13-4-6-15-33(29)40-35)24-9-8-10-25(21-24)38-30-14-5-7-16-34(30)41-36-20-18-28(39)23-32(36)38/h1-23H. The molecular weight excluding hydrogens is 532 g/mol. The van der Waals surface area contributed by atoms with E-state index in [0.717, 1.165) is 0 Å². The zero-order chi connectivity index (χ0) is 26.9. The van der Waals surface area contributed by atoms with E-state index in [1.165, 1.54) is 69.4 Å². The molecule has 5 heteroatoms. The smallest absolute Gasteiger partial charge is 0.244 e. The number of hydrogen-bond acceptors (Lipinski definition) is 3. The van der Waals surface area contributed by atoms with Crippen molar-refractivity contribution in [2.75, 3.05) is 4.90 Å². The van der Waals surface area contributed by atoms with Gasteiger partial charge in [-0.2, -0.15) is 0 Å². The molecule has 0 aromatic heterocycles. The van der Waals surface area contributed by atoms with Crippen molar-refractivity contribution in [2.45, 2.75) is 19.6 Å². The Balaban J connectivity index is 1.39. The summed E-state index contributed by atoms with van der Waals surface area (Å²) in [4.78, 5) is 7.80. The summed E-state index contributed by atoms with van der Waals surface area (Å²) in [6.07, 6.45) is 0. The lowest BCUT2D eigenvalue weighted by molar-refractivity contribution is 1.27. The minimum atomic E-state index is 0.172. The molecule has 3 heterocycles. The highest BCUT2D eigenvalue weighted by molar-refractivity contribution is 8.00. The van der Waals surface area contributed by atoms with Crippen molar-refractivity contribution in [3.63, 3.8) is 0 Å². The maximum atomic E-state index is 2.48. The highest BCUT2D eigenvalue weighted by atomic mass is 32.2. The zero-order valence-corrected chi connectivity index (χ0v) is 23.8. The number of para-hydroxylation sites is 1. The van der Waals surface area contributed by atoms with Gasteiger partial charge in [0.15, 0.2) is 0 Å². The fraction of sp³-hybridized carbons (Fsp3) is 0. The van der Waals surface area contributed by atoms with Crippen LogP contribution in [0.5, 0.6) is 0 Å². The van der Waals surface area contributed by atoms with E-state index in [4.69, 9.17) is 0 Å². The van der Waals surface area contributed by atoms with E-state index in [-0.39, 0.29) is 13.4 Å². The van der Waals surface area contributed by atoms with E-state index in [1.54, 1.807) is 0 Å². The average Bonchev–Trinajstić information content (AvgIpc) is 3.03. The first-order valence-electron chi connectivity index (χ1n) is 14.1. The number of rotatable bonds is 1. The largest absolute Gasteiger partial charge is 0.311 e. The summed E-state index contributed by atoms with van der Waals surface area (Å²) >= 11 is 3.79. The number of benzene rings is 6. The summed E-state index contributed by atoms with van der Waals surface area (Å²) in [5.74, 6) is 0. The van der Waals surface area contributed by atoms with Crippen molar-refractivity contribution in [3.8, 4) is 0 Å². The van der Waals surface area contributed by atoms with Gasteiger partial charge in [-0.05, 0) is 60.7 Å². The predicted octanol–water partition coefficient (Wildman–Crippen LogP) is 5.43. The Morgan fingerprint density at radius 1 is 0.366 bits per heavy atom. The van der Waals surface area contributed by atoms with Crippen molar-refractivity contribution in [3.05, 3.63) is 140 Å². The molecule has 6 aromatic rings. The molecule has 6 aromatic carbocycles. The van der Waals surface area contributed by atoms with E-state index in [2.05, 4.69) is 144 Å². The van der Waals surface area contributed by atoms with Gasteiger partial charge in [-0.15, -0.1) is 0 Å². The molecule has 0 saturated carbocycles. The molecule has 0 amide bonds. The summed E-state index contributed by atoms with van der Waals surface area (Å²) in [6, 6.07) is 52.3. The third-order valence-corrected chi connectivity index (χ3v) is 11.0. The van der Waals surface area contributed by atoms with Gasteiger partial charge in [0.1, 0.15) is 0 Å². The fourth-order valence-corrected chi connectivity index (χ4v) is 9.08. The Kier molecular flexibility index (Phi) is 5.32. The quantitative estimate of drug-likeness (QED) is 0.249. The van der Waals surface area contributed by atoms with Crippen LogP contribution in [-0.4, -0.2) is 13.4 Å². The molecular formula is C36H23B2NS2. The Bertz CT molecular complexity index is 1870. The number of fused-ring (bicyclic) bond motifs is 10. The Morgan fingerprint density at radius 3 is 1.41 bits per heavy atom. The molecule has 0 fully saturated rings. The van der Waals surface area contributed by atoms with Gasteiger partial charge in [0.05, 0.1) is 0 Å². The SMILES string of the molecule is c1ccc(N2c3ccc4c(c3)B(c3cccc(c3)B3c5ccccc5Sc5ccc2cc53)c2ccccc2S4)cc1. The molecule has 9 rings (SSSR count). The molecule has 190 valence electrons. The summed E-state index contributed by atoms with van der Waals surface area (Å²) in [5.41, 5.74) is 11.8. The van der Waals surface area contributed by atoms with Gasteiger partial charge in [-0.1, -0.05) is 135 Å². The molecule has 0 saturated heterocycles. The van der Waals surface area contributed by atoms with Crippen LogP contribution in [0.1, 0.15) is 0 Å². The van der Waals surface area contributed by atoms with Crippen LogP contribution in [0.25, 0.3) is 0 Å². The second-order valence-corrected chi connectivity index (χ2v) is 13.1. The van der Waals surface area contributed by atoms with Crippen molar-refractivity contribution in [2.24, 2.45) is 0 Å². The molecule has 6 bridgehead atoms. The van der Waals surface area contributed by atoms with E-state index in [1.807, 2.05) is 23.5 Å². The van der Waals surface area contributed by atoms with Crippen LogP contribution < -0.4 is 37.7 Å². The van der Waals surface area contributed by atoms with Crippen molar-refractivity contribution >= 4 is 86.8 Å². The van der Waals surface area contributed by atoms with Gasteiger partial charge in [0.2, 0.25) is 13.4 Å². The maximum Gasteiger partial charge on any atom is 0.244 e.